The fraction of sp³-hybridized carbons (Fsp3) is 0.429. The van der Waals surface area contributed by atoms with Gasteiger partial charge in [0.25, 0.3) is 0 Å². The third-order valence-electron chi connectivity index (χ3n) is 1.78. The fourth-order valence-electron chi connectivity index (χ4n) is 1.01. The van der Waals surface area contributed by atoms with Crippen molar-refractivity contribution in [2.24, 2.45) is 0 Å². The van der Waals surface area contributed by atoms with E-state index in [1.807, 2.05) is 37.3 Å². The van der Waals surface area contributed by atoms with Gasteiger partial charge in [-0.25, -0.2) is 0 Å². The summed E-state index contributed by atoms with van der Waals surface area (Å²) in [5, 5.41) is 0. The highest BCUT2D eigenvalue weighted by molar-refractivity contribution is 6.17. The lowest BCUT2D eigenvalue weighted by Gasteiger charge is -1.84. The molecule has 82 valence electrons. The van der Waals surface area contributed by atoms with Crippen molar-refractivity contribution in [2.45, 2.75) is 33.1 Å². The molecule has 0 amide bonds. The van der Waals surface area contributed by atoms with Gasteiger partial charge in [-0.1, -0.05) is 43.9 Å². The molecule has 0 aliphatic rings. The summed E-state index contributed by atoms with van der Waals surface area (Å²) in [6.45, 7) is 4.01. The van der Waals surface area contributed by atoms with Crippen LogP contribution in [0.25, 0.3) is 0 Å². The minimum atomic E-state index is 0.827. The Labute approximate surface area is 98.7 Å². The molecule has 0 radical (unpaired) electrons. The second-order valence-corrected chi connectivity index (χ2v) is 3.52. The van der Waals surface area contributed by atoms with Crippen molar-refractivity contribution in [1.29, 1.82) is 0 Å². The summed E-state index contributed by atoms with van der Waals surface area (Å²) in [7, 11) is 0. The van der Waals surface area contributed by atoms with Crippen molar-refractivity contribution in [2.75, 3.05) is 5.88 Å². The Hall–Kier alpha value is -0.930. The lowest BCUT2D eigenvalue weighted by atomic mass is 10.2. The van der Waals surface area contributed by atoms with E-state index in [4.69, 9.17) is 11.6 Å². The number of unbranched alkanes of at least 4 members (excludes halogenated alkanes) is 2. The monoisotopic (exact) mass is 222 g/mol. The van der Waals surface area contributed by atoms with Crippen molar-refractivity contribution in [3.8, 4) is 11.8 Å². The van der Waals surface area contributed by atoms with Gasteiger partial charge in [0.1, 0.15) is 0 Å². The van der Waals surface area contributed by atoms with E-state index in [1.54, 1.807) is 0 Å². The SMILES string of the molecule is CC#Cc1ccccc1.CCCCCCl. The van der Waals surface area contributed by atoms with Gasteiger partial charge in [0.2, 0.25) is 0 Å². The van der Waals surface area contributed by atoms with E-state index in [1.165, 1.54) is 19.3 Å². The number of benzene rings is 1. The molecule has 0 unspecified atom stereocenters. The standard InChI is InChI=1S/C9H8.C5H11Cl/c1-2-6-9-7-4-3-5-8-9;1-2-3-4-5-6/h3-5,7-8H,1H3;2-5H2,1H3. The quantitative estimate of drug-likeness (QED) is 0.402. The summed E-state index contributed by atoms with van der Waals surface area (Å²) in [5.74, 6) is 6.62. The van der Waals surface area contributed by atoms with Crippen LogP contribution in [0, 0.1) is 11.8 Å². The third kappa shape index (κ3) is 9.38. The topological polar surface area (TPSA) is 0 Å². The molecule has 1 heteroatoms. The van der Waals surface area contributed by atoms with Crippen LogP contribution >= 0.6 is 11.6 Å². The molecule has 0 aromatic heterocycles. The lowest BCUT2D eigenvalue weighted by molar-refractivity contribution is 0.776. The molecule has 0 nitrogen and oxygen atoms in total. The molecule has 0 aliphatic carbocycles. The van der Waals surface area contributed by atoms with Gasteiger partial charge in [-0.15, -0.1) is 17.5 Å². The van der Waals surface area contributed by atoms with Gasteiger partial charge in [-0.2, -0.15) is 0 Å². The summed E-state index contributed by atoms with van der Waals surface area (Å²) in [6.07, 6.45) is 3.73. The highest BCUT2D eigenvalue weighted by Crippen LogP contribution is 1.94. The van der Waals surface area contributed by atoms with Gasteiger partial charge >= 0.3 is 0 Å². The molecule has 15 heavy (non-hydrogen) atoms. The molecule has 0 fully saturated rings. The van der Waals surface area contributed by atoms with E-state index >= 15 is 0 Å². The molecule has 0 saturated heterocycles. The summed E-state index contributed by atoms with van der Waals surface area (Å²) in [4.78, 5) is 0. The average Bonchev–Trinajstić information content (AvgIpc) is 2.29. The first kappa shape index (κ1) is 14.1. The number of halogens is 1. The zero-order valence-electron chi connectivity index (χ0n) is 9.59. The van der Waals surface area contributed by atoms with Crippen molar-refractivity contribution in [1.82, 2.24) is 0 Å². The normalized spacial score (nSPS) is 8.20. The van der Waals surface area contributed by atoms with Crippen LogP contribution in [0.5, 0.6) is 0 Å². The lowest BCUT2D eigenvalue weighted by Crippen LogP contribution is -1.70. The van der Waals surface area contributed by atoms with Gasteiger partial charge in [0.05, 0.1) is 0 Å². The molecule has 0 bridgehead atoms. The summed E-state index contributed by atoms with van der Waals surface area (Å²) >= 11 is 5.38. The molecule has 0 heterocycles. The molecule has 1 rings (SSSR count). The van der Waals surface area contributed by atoms with Crippen LogP contribution in [0.4, 0.5) is 0 Å². The highest BCUT2D eigenvalue weighted by Gasteiger charge is 1.77. The van der Waals surface area contributed by atoms with Gasteiger partial charge < -0.3 is 0 Å². The Kier molecular flexibility index (Phi) is 10.5. The highest BCUT2D eigenvalue weighted by atomic mass is 35.5. The van der Waals surface area contributed by atoms with E-state index in [2.05, 4.69) is 18.8 Å². The number of alkyl halides is 1. The molecular weight excluding hydrogens is 204 g/mol. The maximum Gasteiger partial charge on any atom is 0.0245 e. The van der Waals surface area contributed by atoms with Gasteiger partial charge in [-0.05, 0) is 25.5 Å². The maximum atomic E-state index is 5.38. The third-order valence-corrected chi connectivity index (χ3v) is 2.05. The van der Waals surface area contributed by atoms with Crippen LogP contribution in [0.1, 0.15) is 38.7 Å². The number of hydrogen-bond donors (Lipinski definition) is 0. The van der Waals surface area contributed by atoms with Crippen LogP contribution in [0.15, 0.2) is 30.3 Å². The smallest absolute Gasteiger partial charge is 0.0245 e. The largest absolute Gasteiger partial charge is 0.127 e. The first-order valence-electron chi connectivity index (χ1n) is 5.39. The second-order valence-electron chi connectivity index (χ2n) is 3.14. The van der Waals surface area contributed by atoms with E-state index in [9.17, 15) is 0 Å². The van der Waals surface area contributed by atoms with Crippen molar-refractivity contribution >= 4 is 11.6 Å². The Balaban J connectivity index is 0.000000288. The van der Waals surface area contributed by atoms with E-state index < -0.39 is 0 Å². The Bertz CT molecular complexity index is 275. The molecule has 0 saturated carbocycles. The minimum Gasteiger partial charge on any atom is -0.127 e. The van der Waals surface area contributed by atoms with Gasteiger partial charge in [0.15, 0.2) is 0 Å². The summed E-state index contributed by atoms with van der Waals surface area (Å²) in [5.41, 5.74) is 1.08. The minimum absolute atomic E-state index is 0.827. The summed E-state index contributed by atoms with van der Waals surface area (Å²) in [6, 6.07) is 9.95. The molecular formula is C14H19Cl. The van der Waals surface area contributed by atoms with Crippen molar-refractivity contribution in [3.05, 3.63) is 35.9 Å². The molecule has 1 aromatic carbocycles. The van der Waals surface area contributed by atoms with Gasteiger partial charge in [-0.3, -0.25) is 0 Å². The zero-order chi connectivity index (χ0) is 11.4. The second kappa shape index (κ2) is 11.1. The Morgan fingerprint density at radius 3 is 2.20 bits per heavy atom. The maximum absolute atomic E-state index is 5.38. The van der Waals surface area contributed by atoms with Crippen LogP contribution < -0.4 is 0 Å². The van der Waals surface area contributed by atoms with Crippen LogP contribution in [-0.4, -0.2) is 5.88 Å². The Morgan fingerprint density at radius 2 is 1.80 bits per heavy atom. The average molecular weight is 223 g/mol. The Morgan fingerprint density at radius 1 is 1.13 bits per heavy atom. The van der Waals surface area contributed by atoms with Crippen LogP contribution in [0.2, 0.25) is 0 Å². The van der Waals surface area contributed by atoms with Crippen molar-refractivity contribution in [3.63, 3.8) is 0 Å². The van der Waals surface area contributed by atoms with Crippen molar-refractivity contribution < 1.29 is 0 Å². The predicted molar refractivity (Wildman–Crippen MR) is 69.2 cm³/mol. The zero-order valence-corrected chi connectivity index (χ0v) is 10.3. The predicted octanol–water partition coefficient (Wildman–Crippen LogP) is 4.47. The molecule has 0 spiro atoms. The van der Waals surface area contributed by atoms with E-state index in [0.29, 0.717) is 0 Å². The van der Waals surface area contributed by atoms with E-state index in [-0.39, 0.29) is 0 Å². The number of hydrogen-bond acceptors (Lipinski definition) is 0. The van der Waals surface area contributed by atoms with Crippen LogP contribution in [-0.2, 0) is 0 Å². The first-order chi connectivity index (χ1) is 7.35. The number of rotatable bonds is 3. The summed E-state index contributed by atoms with van der Waals surface area (Å²) < 4.78 is 0. The van der Waals surface area contributed by atoms with E-state index in [0.717, 1.165) is 11.4 Å². The fourth-order valence-corrected chi connectivity index (χ4v) is 1.20. The van der Waals surface area contributed by atoms with Gasteiger partial charge in [0, 0.05) is 11.4 Å². The molecule has 0 N–H and O–H groups in total. The molecule has 1 aromatic rings. The molecule has 0 atom stereocenters. The molecule has 0 aliphatic heterocycles. The first-order valence-corrected chi connectivity index (χ1v) is 5.92. The van der Waals surface area contributed by atoms with Crippen LogP contribution in [0.3, 0.4) is 0 Å².